The van der Waals surface area contributed by atoms with Gasteiger partial charge < -0.3 is 14.8 Å². The zero-order chi connectivity index (χ0) is 12.8. The average molecular weight is 253 g/mol. The Morgan fingerprint density at radius 2 is 2.33 bits per heavy atom. The third-order valence-corrected chi connectivity index (χ3v) is 3.04. The molecule has 1 aliphatic heterocycles. The van der Waals surface area contributed by atoms with Gasteiger partial charge >= 0.3 is 0 Å². The van der Waals surface area contributed by atoms with E-state index in [0.717, 1.165) is 31.4 Å². The van der Waals surface area contributed by atoms with Crippen LogP contribution in [0.3, 0.4) is 0 Å². The van der Waals surface area contributed by atoms with E-state index in [2.05, 4.69) is 5.32 Å². The Kier molecular flexibility index (Phi) is 4.96. The maximum absolute atomic E-state index is 13.3. The molecule has 0 amide bonds. The molecule has 0 radical (unpaired) electrons. The molecule has 1 saturated heterocycles. The lowest BCUT2D eigenvalue weighted by Crippen LogP contribution is -2.11. The van der Waals surface area contributed by atoms with Gasteiger partial charge in [0.1, 0.15) is 11.6 Å². The third kappa shape index (κ3) is 3.96. The van der Waals surface area contributed by atoms with E-state index in [1.807, 2.05) is 13.1 Å². The highest BCUT2D eigenvalue weighted by molar-refractivity contribution is 5.29. The van der Waals surface area contributed by atoms with Gasteiger partial charge in [0.2, 0.25) is 0 Å². The van der Waals surface area contributed by atoms with Crippen LogP contribution >= 0.6 is 0 Å². The molecule has 0 aromatic heterocycles. The van der Waals surface area contributed by atoms with Crippen molar-refractivity contribution in [3.8, 4) is 5.75 Å². The number of hydrogen-bond acceptors (Lipinski definition) is 3. The van der Waals surface area contributed by atoms with Crippen LogP contribution < -0.4 is 10.1 Å². The maximum atomic E-state index is 13.3. The lowest BCUT2D eigenvalue weighted by molar-refractivity contribution is 0.0903. The van der Waals surface area contributed by atoms with Crippen molar-refractivity contribution in [2.45, 2.75) is 31.9 Å². The molecule has 1 unspecified atom stereocenters. The largest absolute Gasteiger partial charge is 0.493 e. The summed E-state index contributed by atoms with van der Waals surface area (Å²) in [6.07, 6.45) is 3.43. The van der Waals surface area contributed by atoms with Crippen molar-refractivity contribution in [1.29, 1.82) is 0 Å². The molecule has 18 heavy (non-hydrogen) atoms. The van der Waals surface area contributed by atoms with E-state index in [-0.39, 0.29) is 5.82 Å². The summed E-state index contributed by atoms with van der Waals surface area (Å²) in [6.45, 7) is 2.07. The Morgan fingerprint density at radius 3 is 3.06 bits per heavy atom. The van der Waals surface area contributed by atoms with E-state index in [4.69, 9.17) is 9.47 Å². The summed E-state index contributed by atoms with van der Waals surface area (Å²) in [6, 6.07) is 4.81. The highest BCUT2D eigenvalue weighted by Gasteiger charge is 2.15. The molecule has 3 nitrogen and oxygen atoms in total. The van der Waals surface area contributed by atoms with Gasteiger partial charge in [-0.1, -0.05) is 0 Å². The molecule has 0 bridgehead atoms. The van der Waals surface area contributed by atoms with E-state index in [9.17, 15) is 4.39 Å². The second-order valence-electron chi connectivity index (χ2n) is 4.60. The van der Waals surface area contributed by atoms with Gasteiger partial charge in [0.25, 0.3) is 0 Å². The molecule has 0 spiro atoms. The molecule has 1 heterocycles. The zero-order valence-corrected chi connectivity index (χ0v) is 10.7. The van der Waals surface area contributed by atoms with Crippen LogP contribution in [0, 0.1) is 5.82 Å². The summed E-state index contributed by atoms with van der Waals surface area (Å²) < 4.78 is 24.4. The molecule has 1 aliphatic rings. The Morgan fingerprint density at radius 1 is 1.44 bits per heavy atom. The highest BCUT2D eigenvalue weighted by atomic mass is 19.1. The van der Waals surface area contributed by atoms with E-state index >= 15 is 0 Å². The summed E-state index contributed by atoms with van der Waals surface area (Å²) in [5.74, 6) is 0.341. The fourth-order valence-electron chi connectivity index (χ4n) is 2.19. The lowest BCUT2D eigenvalue weighted by Gasteiger charge is -2.11. The van der Waals surface area contributed by atoms with Gasteiger partial charge in [0, 0.05) is 25.6 Å². The first-order valence-electron chi connectivity index (χ1n) is 6.46. The second-order valence-corrected chi connectivity index (χ2v) is 4.60. The van der Waals surface area contributed by atoms with Crippen LogP contribution in [0.4, 0.5) is 4.39 Å². The molecule has 1 fully saturated rings. The van der Waals surface area contributed by atoms with E-state index in [1.54, 1.807) is 0 Å². The molecule has 1 aromatic rings. The number of hydrogen-bond donors (Lipinski definition) is 1. The zero-order valence-electron chi connectivity index (χ0n) is 10.7. The van der Waals surface area contributed by atoms with Gasteiger partial charge in [-0.05, 0) is 37.6 Å². The number of nitrogens with one attached hydrogen (secondary N) is 1. The Hall–Kier alpha value is -1.13. The molecular weight excluding hydrogens is 233 g/mol. The molecule has 1 atom stereocenters. The number of halogens is 1. The molecule has 1 N–H and O–H groups in total. The first-order chi connectivity index (χ1) is 8.78. The Labute approximate surface area is 107 Å². The van der Waals surface area contributed by atoms with E-state index in [1.165, 1.54) is 12.1 Å². The van der Waals surface area contributed by atoms with Crippen LogP contribution in [0.5, 0.6) is 5.75 Å². The quantitative estimate of drug-likeness (QED) is 0.845. The van der Waals surface area contributed by atoms with Crippen LogP contribution in [0.2, 0.25) is 0 Å². The summed E-state index contributed by atoms with van der Waals surface area (Å²) in [5, 5.41) is 3.00. The van der Waals surface area contributed by atoms with Crippen LogP contribution in [0.25, 0.3) is 0 Å². The van der Waals surface area contributed by atoms with Crippen molar-refractivity contribution < 1.29 is 13.9 Å². The first kappa shape index (κ1) is 13.3. The van der Waals surface area contributed by atoms with Gasteiger partial charge in [-0.15, -0.1) is 0 Å². The minimum absolute atomic E-state index is 0.255. The normalized spacial score (nSPS) is 19.1. The SMILES string of the molecule is CNCc1cc(F)cc(OCCC2CCCO2)c1. The predicted octanol–water partition coefficient (Wildman–Crippen LogP) is 2.49. The third-order valence-electron chi connectivity index (χ3n) is 3.04. The Bertz CT molecular complexity index is 378. The van der Waals surface area contributed by atoms with Gasteiger partial charge in [-0.2, -0.15) is 0 Å². The standard InChI is InChI=1S/C14H20FNO2/c1-16-10-11-7-12(15)9-14(8-11)18-6-4-13-3-2-5-17-13/h7-9,13,16H,2-6,10H2,1H3. The topological polar surface area (TPSA) is 30.5 Å². The van der Waals surface area contributed by atoms with Crippen molar-refractivity contribution in [3.05, 3.63) is 29.6 Å². The van der Waals surface area contributed by atoms with E-state index < -0.39 is 0 Å². The number of benzene rings is 1. The monoisotopic (exact) mass is 253 g/mol. The lowest BCUT2D eigenvalue weighted by atomic mass is 10.2. The minimum Gasteiger partial charge on any atom is -0.493 e. The summed E-state index contributed by atoms with van der Waals surface area (Å²) >= 11 is 0. The molecule has 0 saturated carbocycles. The first-order valence-corrected chi connectivity index (χ1v) is 6.46. The maximum Gasteiger partial charge on any atom is 0.127 e. The van der Waals surface area contributed by atoms with Crippen molar-refractivity contribution >= 4 is 0 Å². The van der Waals surface area contributed by atoms with Crippen LogP contribution in [0.1, 0.15) is 24.8 Å². The summed E-state index contributed by atoms with van der Waals surface area (Å²) in [4.78, 5) is 0. The van der Waals surface area contributed by atoms with Crippen LogP contribution in [0.15, 0.2) is 18.2 Å². The van der Waals surface area contributed by atoms with Crippen molar-refractivity contribution in [1.82, 2.24) is 5.32 Å². The van der Waals surface area contributed by atoms with Crippen LogP contribution in [-0.2, 0) is 11.3 Å². The van der Waals surface area contributed by atoms with Crippen molar-refractivity contribution in [2.24, 2.45) is 0 Å². The molecule has 0 aliphatic carbocycles. The second kappa shape index (κ2) is 6.71. The molecule has 4 heteroatoms. The predicted molar refractivity (Wildman–Crippen MR) is 68.2 cm³/mol. The highest BCUT2D eigenvalue weighted by Crippen LogP contribution is 2.19. The van der Waals surface area contributed by atoms with Crippen LogP contribution in [-0.4, -0.2) is 26.4 Å². The molecule has 100 valence electrons. The average Bonchev–Trinajstić information content (AvgIpc) is 2.82. The molecule has 1 aromatic carbocycles. The van der Waals surface area contributed by atoms with Crippen molar-refractivity contribution in [2.75, 3.05) is 20.3 Å². The minimum atomic E-state index is -0.255. The number of rotatable bonds is 6. The number of ether oxygens (including phenoxy) is 2. The summed E-state index contributed by atoms with van der Waals surface area (Å²) in [7, 11) is 1.84. The van der Waals surface area contributed by atoms with Gasteiger partial charge in [0.15, 0.2) is 0 Å². The van der Waals surface area contributed by atoms with Gasteiger partial charge in [-0.3, -0.25) is 0 Å². The van der Waals surface area contributed by atoms with E-state index in [0.29, 0.717) is 25.0 Å². The van der Waals surface area contributed by atoms with Crippen molar-refractivity contribution in [3.63, 3.8) is 0 Å². The van der Waals surface area contributed by atoms with Gasteiger partial charge in [-0.25, -0.2) is 4.39 Å². The Balaban J connectivity index is 1.83. The fraction of sp³-hybridized carbons (Fsp3) is 0.571. The molecular formula is C14H20FNO2. The smallest absolute Gasteiger partial charge is 0.127 e. The van der Waals surface area contributed by atoms with Gasteiger partial charge in [0.05, 0.1) is 12.7 Å². The summed E-state index contributed by atoms with van der Waals surface area (Å²) in [5.41, 5.74) is 0.893. The fourth-order valence-corrected chi connectivity index (χ4v) is 2.19. The molecule has 2 rings (SSSR count).